The summed E-state index contributed by atoms with van der Waals surface area (Å²) in [5.74, 6) is 0.0684. The molecule has 2 aliphatic carbocycles. The zero-order chi connectivity index (χ0) is 20.0. The van der Waals surface area contributed by atoms with Crippen molar-refractivity contribution in [2.24, 2.45) is 0 Å². The molecule has 3 aliphatic rings. The van der Waals surface area contributed by atoms with Gasteiger partial charge in [0, 0.05) is 12.1 Å². The van der Waals surface area contributed by atoms with E-state index in [0.29, 0.717) is 6.54 Å². The normalized spacial score (nSPS) is 26.7. The molecule has 29 heavy (non-hydrogen) atoms. The summed E-state index contributed by atoms with van der Waals surface area (Å²) in [5.41, 5.74) is 0.996. The molecule has 0 aromatic carbocycles. The molecule has 1 atom stereocenters. The maximum atomic E-state index is 13.7. The Hall–Kier alpha value is -1.82. The van der Waals surface area contributed by atoms with Crippen LogP contribution in [0.4, 0.5) is 0 Å². The molecule has 5 rings (SSSR count). The van der Waals surface area contributed by atoms with Gasteiger partial charge in [-0.05, 0) is 50.1 Å². The first-order valence-electron chi connectivity index (χ1n) is 11.3. The third-order valence-electron chi connectivity index (χ3n) is 7.33. The van der Waals surface area contributed by atoms with E-state index in [4.69, 9.17) is 0 Å². The molecule has 2 aromatic rings. The summed E-state index contributed by atoms with van der Waals surface area (Å²) in [6.45, 7) is 2.54. The molecule has 0 saturated heterocycles. The van der Waals surface area contributed by atoms with Crippen LogP contribution in [0.5, 0.6) is 0 Å². The van der Waals surface area contributed by atoms with Crippen LogP contribution in [0.15, 0.2) is 17.5 Å². The number of aromatic nitrogens is 1. The number of thiophene rings is 1. The zero-order valence-electron chi connectivity index (χ0n) is 17.3. The number of nitrogens with one attached hydrogen (secondary N) is 1. The highest BCUT2D eigenvalue weighted by Gasteiger charge is 2.50. The van der Waals surface area contributed by atoms with Crippen molar-refractivity contribution in [3.05, 3.63) is 23.2 Å². The Kier molecular flexibility index (Phi) is 4.93. The summed E-state index contributed by atoms with van der Waals surface area (Å²) in [6.07, 6.45) is 11.3. The fourth-order valence-electron chi connectivity index (χ4n) is 5.73. The van der Waals surface area contributed by atoms with Crippen LogP contribution in [0.2, 0.25) is 0 Å². The van der Waals surface area contributed by atoms with Crippen LogP contribution < -0.4 is 5.32 Å². The molecule has 2 aromatic heterocycles. The summed E-state index contributed by atoms with van der Waals surface area (Å²) < 4.78 is 3.22. The lowest BCUT2D eigenvalue weighted by molar-refractivity contribution is -0.135. The van der Waals surface area contributed by atoms with E-state index in [9.17, 15) is 9.59 Å². The Morgan fingerprint density at radius 3 is 2.52 bits per heavy atom. The fraction of sp³-hybridized carbons (Fsp3) is 0.652. The fourth-order valence-corrected chi connectivity index (χ4v) is 6.56. The molecule has 6 heteroatoms. The lowest BCUT2D eigenvalue weighted by atomic mass is 9.86. The van der Waals surface area contributed by atoms with Crippen LogP contribution in [0, 0.1) is 0 Å². The van der Waals surface area contributed by atoms with Gasteiger partial charge in [-0.25, -0.2) is 0 Å². The Balaban J connectivity index is 1.53. The summed E-state index contributed by atoms with van der Waals surface area (Å²) in [7, 11) is 0. The highest BCUT2D eigenvalue weighted by molar-refractivity contribution is 7.17. The molecule has 2 saturated carbocycles. The zero-order valence-corrected chi connectivity index (χ0v) is 18.1. The number of amides is 2. The van der Waals surface area contributed by atoms with E-state index in [0.717, 1.165) is 54.4 Å². The van der Waals surface area contributed by atoms with Gasteiger partial charge in [-0.1, -0.05) is 38.5 Å². The van der Waals surface area contributed by atoms with Gasteiger partial charge in [0.05, 0.1) is 16.8 Å². The van der Waals surface area contributed by atoms with Crippen molar-refractivity contribution < 1.29 is 9.59 Å². The third kappa shape index (κ3) is 3.20. The highest BCUT2D eigenvalue weighted by atomic mass is 32.1. The topological polar surface area (TPSA) is 54.3 Å². The Morgan fingerprint density at radius 2 is 1.79 bits per heavy atom. The van der Waals surface area contributed by atoms with Crippen molar-refractivity contribution in [2.45, 2.75) is 95.3 Å². The second kappa shape index (κ2) is 7.46. The van der Waals surface area contributed by atoms with E-state index in [-0.39, 0.29) is 23.9 Å². The molecule has 5 nitrogen and oxygen atoms in total. The maximum Gasteiger partial charge on any atom is 0.271 e. The highest BCUT2D eigenvalue weighted by Crippen LogP contribution is 2.38. The van der Waals surface area contributed by atoms with Crippen LogP contribution >= 0.6 is 11.3 Å². The van der Waals surface area contributed by atoms with E-state index in [1.54, 1.807) is 11.3 Å². The van der Waals surface area contributed by atoms with E-state index < -0.39 is 5.54 Å². The minimum Gasteiger partial charge on any atom is -0.351 e. The second-order valence-corrected chi connectivity index (χ2v) is 10.3. The van der Waals surface area contributed by atoms with E-state index in [1.807, 2.05) is 17.9 Å². The number of carbonyl (C=O) groups is 2. The Morgan fingerprint density at radius 1 is 1.10 bits per heavy atom. The standard InChI is InChI=1S/C23H31N3O2S/c1-23(22(28)24-16-8-4-2-5-9-16)15-25-18-12-13-29-20(18)14-19(25)21(27)26(23)17-10-6-3-7-11-17/h12-14,16-17H,2-11,15H2,1H3,(H,24,28). The van der Waals surface area contributed by atoms with Crippen molar-refractivity contribution >= 4 is 33.4 Å². The maximum absolute atomic E-state index is 13.7. The molecule has 1 unspecified atom stereocenters. The number of carbonyl (C=O) groups excluding carboxylic acids is 2. The largest absolute Gasteiger partial charge is 0.351 e. The lowest BCUT2D eigenvalue weighted by Gasteiger charge is -2.49. The predicted molar refractivity (Wildman–Crippen MR) is 116 cm³/mol. The van der Waals surface area contributed by atoms with Crippen molar-refractivity contribution in [3.63, 3.8) is 0 Å². The second-order valence-electron chi connectivity index (χ2n) is 9.34. The van der Waals surface area contributed by atoms with Crippen LogP contribution in [-0.4, -0.2) is 38.9 Å². The van der Waals surface area contributed by atoms with Gasteiger partial charge in [0.25, 0.3) is 5.91 Å². The van der Waals surface area contributed by atoms with E-state index >= 15 is 0 Å². The van der Waals surface area contributed by atoms with Crippen LogP contribution in [0.3, 0.4) is 0 Å². The molecule has 0 spiro atoms. The van der Waals surface area contributed by atoms with Gasteiger partial charge < -0.3 is 14.8 Å². The minimum atomic E-state index is -0.836. The van der Waals surface area contributed by atoms with E-state index in [2.05, 4.69) is 21.3 Å². The number of fused-ring (bicyclic) bond motifs is 3. The molecule has 3 heterocycles. The Bertz CT molecular complexity index is 920. The van der Waals surface area contributed by atoms with Crippen molar-refractivity contribution in [2.75, 3.05) is 0 Å². The number of rotatable bonds is 3. The van der Waals surface area contributed by atoms with Crippen molar-refractivity contribution in [1.82, 2.24) is 14.8 Å². The summed E-state index contributed by atoms with van der Waals surface area (Å²) >= 11 is 1.66. The van der Waals surface area contributed by atoms with Gasteiger partial charge >= 0.3 is 0 Å². The van der Waals surface area contributed by atoms with Crippen LogP contribution in [0.1, 0.15) is 81.6 Å². The van der Waals surface area contributed by atoms with Crippen LogP contribution in [-0.2, 0) is 11.3 Å². The Labute approximate surface area is 176 Å². The SMILES string of the molecule is CC1(C(=O)NC2CCCCC2)Cn2c(cc3sccc32)C(=O)N1C1CCCCC1. The predicted octanol–water partition coefficient (Wildman–Crippen LogP) is 4.70. The molecular formula is C23H31N3O2S. The molecule has 0 bridgehead atoms. The van der Waals surface area contributed by atoms with Crippen molar-refractivity contribution in [3.8, 4) is 0 Å². The summed E-state index contributed by atoms with van der Waals surface area (Å²) in [6, 6.07) is 4.52. The lowest BCUT2D eigenvalue weighted by Crippen LogP contribution is -2.67. The van der Waals surface area contributed by atoms with Gasteiger partial charge in [0.15, 0.2) is 0 Å². The molecule has 2 fully saturated rings. The molecular weight excluding hydrogens is 382 g/mol. The first kappa shape index (κ1) is 19.2. The number of nitrogens with zero attached hydrogens (tertiary/aromatic N) is 2. The number of hydrogen-bond donors (Lipinski definition) is 1. The minimum absolute atomic E-state index is 0.0334. The average molecular weight is 414 g/mol. The quantitative estimate of drug-likeness (QED) is 0.793. The summed E-state index contributed by atoms with van der Waals surface area (Å²) in [5, 5.41) is 5.40. The third-order valence-corrected chi connectivity index (χ3v) is 8.18. The molecule has 0 radical (unpaired) electrons. The first-order chi connectivity index (χ1) is 14.1. The molecule has 1 N–H and O–H groups in total. The van der Waals surface area contributed by atoms with Gasteiger partial charge in [0.1, 0.15) is 11.2 Å². The van der Waals surface area contributed by atoms with Crippen molar-refractivity contribution in [1.29, 1.82) is 0 Å². The monoisotopic (exact) mass is 413 g/mol. The number of hydrogen-bond acceptors (Lipinski definition) is 3. The first-order valence-corrected chi connectivity index (χ1v) is 12.2. The van der Waals surface area contributed by atoms with Gasteiger partial charge in [-0.3, -0.25) is 9.59 Å². The van der Waals surface area contributed by atoms with Gasteiger partial charge in [0.2, 0.25) is 5.91 Å². The molecule has 1 aliphatic heterocycles. The summed E-state index contributed by atoms with van der Waals surface area (Å²) in [4.78, 5) is 29.4. The smallest absolute Gasteiger partial charge is 0.271 e. The molecule has 156 valence electrons. The van der Waals surface area contributed by atoms with Gasteiger partial charge in [-0.15, -0.1) is 11.3 Å². The average Bonchev–Trinajstić information content (AvgIpc) is 3.32. The van der Waals surface area contributed by atoms with Crippen LogP contribution in [0.25, 0.3) is 10.2 Å². The van der Waals surface area contributed by atoms with Gasteiger partial charge in [-0.2, -0.15) is 0 Å². The molecule has 2 amide bonds. The van der Waals surface area contributed by atoms with E-state index in [1.165, 1.54) is 25.7 Å².